The fraction of sp³-hybridized carbons (Fsp3) is 0. The highest BCUT2D eigenvalue weighted by Gasteiger charge is 2.10. The topological polar surface area (TPSA) is 13.1 Å². The maximum absolute atomic E-state index is 6.34. The molecule has 182 valence electrons. The van der Waals surface area contributed by atoms with Crippen molar-refractivity contribution in [1.29, 1.82) is 0 Å². The van der Waals surface area contributed by atoms with Crippen LogP contribution in [0.1, 0.15) is 0 Å². The molecule has 0 saturated carbocycles. The first-order valence-corrected chi connectivity index (χ1v) is 13.3. The normalized spacial score (nSPS) is 11.6. The second kappa shape index (κ2) is 8.72. The van der Waals surface area contributed by atoms with Crippen molar-refractivity contribution in [2.45, 2.75) is 0 Å². The van der Waals surface area contributed by atoms with Gasteiger partial charge >= 0.3 is 0 Å². The van der Waals surface area contributed by atoms with Gasteiger partial charge in [-0.25, -0.2) is 0 Å². The van der Waals surface area contributed by atoms with Gasteiger partial charge in [-0.15, -0.1) is 0 Å². The molecular weight excluding hydrogens is 472 g/mol. The molecule has 7 aromatic carbocycles. The largest absolute Gasteiger partial charge is 0.456 e. The highest BCUT2D eigenvalue weighted by Crippen LogP contribution is 2.34. The van der Waals surface area contributed by atoms with Gasteiger partial charge in [-0.3, -0.25) is 0 Å². The molecule has 0 N–H and O–H groups in total. The zero-order valence-corrected chi connectivity index (χ0v) is 21.3. The van der Waals surface area contributed by atoms with E-state index in [9.17, 15) is 0 Å². The predicted octanol–water partition coefficient (Wildman–Crippen LogP) is 10.9. The molecule has 1 heteroatoms. The van der Waals surface area contributed by atoms with Crippen molar-refractivity contribution in [2.24, 2.45) is 0 Å². The van der Waals surface area contributed by atoms with E-state index < -0.39 is 0 Å². The lowest BCUT2D eigenvalue weighted by Gasteiger charge is -2.08. The van der Waals surface area contributed by atoms with Crippen LogP contribution in [0.5, 0.6) is 0 Å². The average molecular weight is 497 g/mol. The summed E-state index contributed by atoms with van der Waals surface area (Å²) in [6, 6.07) is 52.0. The van der Waals surface area contributed by atoms with E-state index in [4.69, 9.17) is 4.42 Å². The summed E-state index contributed by atoms with van der Waals surface area (Å²) in [7, 11) is 0. The molecule has 1 nitrogen and oxygen atoms in total. The summed E-state index contributed by atoms with van der Waals surface area (Å²) >= 11 is 0. The molecule has 0 spiro atoms. The predicted molar refractivity (Wildman–Crippen MR) is 165 cm³/mol. The smallest absolute Gasteiger partial charge is 0.134 e. The van der Waals surface area contributed by atoms with E-state index in [0.29, 0.717) is 0 Å². The van der Waals surface area contributed by atoms with Gasteiger partial charge in [0.1, 0.15) is 11.5 Å². The highest BCUT2D eigenvalue weighted by molar-refractivity contribution is 6.09. The van der Waals surface area contributed by atoms with Gasteiger partial charge in [0.2, 0.25) is 0 Å². The fourth-order valence-electron chi connectivity index (χ4n) is 5.83. The molecule has 1 aromatic heterocycles. The van der Waals surface area contributed by atoms with E-state index in [1.807, 2.05) is 0 Å². The molecule has 0 aliphatic carbocycles. The Kier molecular flexibility index (Phi) is 4.89. The molecule has 8 aromatic rings. The Bertz CT molecular complexity index is 2160. The Morgan fingerprint density at radius 3 is 1.36 bits per heavy atom. The van der Waals surface area contributed by atoms with Crippen LogP contribution in [-0.4, -0.2) is 0 Å². The molecule has 0 atom stereocenters. The van der Waals surface area contributed by atoms with Crippen LogP contribution in [0.15, 0.2) is 150 Å². The molecule has 0 amide bonds. The first-order chi connectivity index (χ1) is 19.3. The molecule has 39 heavy (non-hydrogen) atoms. The zero-order valence-electron chi connectivity index (χ0n) is 21.3. The minimum atomic E-state index is 0.875. The van der Waals surface area contributed by atoms with Crippen molar-refractivity contribution in [2.75, 3.05) is 0 Å². The molecule has 0 saturated heterocycles. The number of furan rings is 1. The van der Waals surface area contributed by atoms with Crippen molar-refractivity contribution >= 4 is 43.1 Å². The lowest BCUT2D eigenvalue weighted by molar-refractivity contribution is 0.597. The van der Waals surface area contributed by atoms with Crippen LogP contribution in [0, 0.1) is 0 Å². The monoisotopic (exact) mass is 496 g/mol. The van der Waals surface area contributed by atoms with Crippen molar-refractivity contribution in [3.8, 4) is 33.8 Å². The summed E-state index contributed by atoms with van der Waals surface area (Å²) in [4.78, 5) is 0. The maximum Gasteiger partial charge on any atom is 0.134 e. The Labute approximate surface area is 226 Å². The van der Waals surface area contributed by atoms with Crippen LogP contribution in [0.4, 0.5) is 0 Å². The standard InChI is InChI=1S/C38H24O/c1-3-7-33-26(5-1)11-15-30-23-29(17-19-35(30)33)25-9-13-28(14-10-25)37-21-22-38(39-37)32-18-20-36-31(24-32)16-12-27-6-2-4-8-34(27)36/h1-24H. The third kappa shape index (κ3) is 3.71. The van der Waals surface area contributed by atoms with Crippen LogP contribution in [0.2, 0.25) is 0 Å². The van der Waals surface area contributed by atoms with Gasteiger partial charge in [-0.2, -0.15) is 0 Å². The third-order valence-corrected chi connectivity index (χ3v) is 7.88. The van der Waals surface area contributed by atoms with Gasteiger partial charge in [-0.1, -0.05) is 121 Å². The van der Waals surface area contributed by atoms with Crippen LogP contribution >= 0.6 is 0 Å². The van der Waals surface area contributed by atoms with Gasteiger partial charge in [0.25, 0.3) is 0 Å². The van der Waals surface area contributed by atoms with Crippen molar-refractivity contribution < 1.29 is 4.42 Å². The first-order valence-electron chi connectivity index (χ1n) is 13.3. The van der Waals surface area contributed by atoms with E-state index in [1.54, 1.807) is 0 Å². The molecule has 1 heterocycles. The number of rotatable bonds is 3. The van der Waals surface area contributed by atoms with Crippen molar-refractivity contribution in [3.05, 3.63) is 146 Å². The van der Waals surface area contributed by atoms with E-state index in [1.165, 1.54) is 54.2 Å². The zero-order chi connectivity index (χ0) is 25.8. The summed E-state index contributed by atoms with van der Waals surface area (Å²) in [5, 5.41) is 10.1. The van der Waals surface area contributed by atoms with Gasteiger partial charge < -0.3 is 4.42 Å². The number of hydrogen-bond acceptors (Lipinski definition) is 1. The number of hydrogen-bond donors (Lipinski definition) is 0. The van der Waals surface area contributed by atoms with Gasteiger partial charge in [-0.05, 0) is 78.5 Å². The van der Waals surface area contributed by atoms with Gasteiger partial charge in [0.05, 0.1) is 0 Å². The quantitative estimate of drug-likeness (QED) is 0.222. The maximum atomic E-state index is 6.34. The molecule has 0 bridgehead atoms. The van der Waals surface area contributed by atoms with Crippen molar-refractivity contribution in [3.63, 3.8) is 0 Å². The molecule has 0 aliphatic rings. The van der Waals surface area contributed by atoms with Gasteiger partial charge in [0, 0.05) is 11.1 Å². The van der Waals surface area contributed by atoms with E-state index >= 15 is 0 Å². The summed E-state index contributed by atoms with van der Waals surface area (Å²) in [6.45, 7) is 0. The average Bonchev–Trinajstić information content (AvgIpc) is 3.51. The fourth-order valence-corrected chi connectivity index (χ4v) is 5.83. The summed E-state index contributed by atoms with van der Waals surface area (Å²) < 4.78 is 6.34. The highest BCUT2D eigenvalue weighted by atomic mass is 16.3. The number of fused-ring (bicyclic) bond motifs is 6. The Balaban J connectivity index is 1.10. The Morgan fingerprint density at radius 1 is 0.282 bits per heavy atom. The summed E-state index contributed by atoms with van der Waals surface area (Å²) in [6.07, 6.45) is 0. The third-order valence-electron chi connectivity index (χ3n) is 7.88. The first kappa shape index (κ1) is 21.9. The lowest BCUT2D eigenvalue weighted by atomic mass is 9.97. The van der Waals surface area contributed by atoms with Crippen LogP contribution < -0.4 is 0 Å². The summed E-state index contributed by atoms with van der Waals surface area (Å²) in [5.41, 5.74) is 4.57. The van der Waals surface area contributed by atoms with Gasteiger partial charge in [0.15, 0.2) is 0 Å². The second-order valence-electron chi connectivity index (χ2n) is 10.2. The second-order valence-corrected chi connectivity index (χ2v) is 10.2. The molecular formula is C38H24O. The van der Waals surface area contributed by atoms with Crippen molar-refractivity contribution in [1.82, 2.24) is 0 Å². The van der Waals surface area contributed by atoms with E-state index in [0.717, 1.165) is 22.6 Å². The van der Waals surface area contributed by atoms with Crippen LogP contribution in [-0.2, 0) is 0 Å². The lowest BCUT2D eigenvalue weighted by Crippen LogP contribution is -1.82. The SMILES string of the molecule is c1ccc2c(c1)ccc1cc(-c3ccc(-c4ccc(-c5ccc6c(ccc7ccccc76)c5)o4)cc3)ccc12. The molecule has 0 unspecified atom stereocenters. The Morgan fingerprint density at radius 2 is 0.718 bits per heavy atom. The molecule has 0 aliphatic heterocycles. The van der Waals surface area contributed by atoms with Crippen LogP contribution in [0.25, 0.3) is 76.9 Å². The minimum Gasteiger partial charge on any atom is -0.456 e. The van der Waals surface area contributed by atoms with E-state index in [-0.39, 0.29) is 0 Å². The Hall–Kier alpha value is -5.14. The molecule has 0 fully saturated rings. The number of benzene rings is 7. The minimum absolute atomic E-state index is 0.875. The van der Waals surface area contributed by atoms with Crippen LogP contribution in [0.3, 0.4) is 0 Å². The molecule has 0 radical (unpaired) electrons. The summed E-state index contributed by atoms with van der Waals surface area (Å²) in [5.74, 6) is 1.76. The molecule has 8 rings (SSSR count). The van der Waals surface area contributed by atoms with E-state index in [2.05, 4.69) is 146 Å².